The number of ether oxygens (including phenoxy) is 1. The summed E-state index contributed by atoms with van der Waals surface area (Å²) in [6.07, 6.45) is 3.05. The molecule has 0 atom stereocenters. The van der Waals surface area contributed by atoms with Gasteiger partial charge in [-0.1, -0.05) is 11.6 Å². The summed E-state index contributed by atoms with van der Waals surface area (Å²) in [5.41, 5.74) is 1.13. The molecule has 0 spiro atoms. The number of nitrogens with zero attached hydrogens (tertiary/aromatic N) is 2. The van der Waals surface area contributed by atoms with Crippen LogP contribution in [0.25, 0.3) is 0 Å². The molecule has 2 amide bonds. The monoisotopic (exact) mass is 278 g/mol. The third kappa shape index (κ3) is 3.82. The number of pyridine rings is 2. The van der Waals surface area contributed by atoms with Crippen molar-refractivity contribution in [1.82, 2.24) is 9.97 Å². The van der Waals surface area contributed by atoms with Gasteiger partial charge in [-0.2, -0.15) is 0 Å². The summed E-state index contributed by atoms with van der Waals surface area (Å²) in [4.78, 5) is 19.5. The van der Waals surface area contributed by atoms with Crippen molar-refractivity contribution in [3.05, 3.63) is 41.8 Å². The van der Waals surface area contributed by atoms with Gasteiger partial charge >= 0.3 is 6.03 Å². The van der Waals surface area contributed by atoms with Crippen LogP contribution in [0.2, 0.25) is 5.15 Å². The number of halogens is 1. The van der Waals surface area contributed by atoms with Gasteiger partial charge in [-0.05, 0) is 18.2 Å². The van der Waals surface area contributed by atoms with Gasteiger partial charge in [0.2, 0.25) is 5.88 Å². The van der Waals surface area contributed by atoms with E-state index in [9.17, 15) is 4.79 Å². The lowest BCUT2D eigenvalue weighted by Gasteiger charge is -2.08. The molecule has 0 aromatic carbocycles. The third-order valence-electron chi connectivity index (χ3n) is 2.19. The molecule has 0 aliphatic rings. The van der Waals surface area contributed by atoms with Crippen molar-refractivity contribution in [3.63, 3.8) is 0 Å². The van der Waals surface area contributed by atoms with Crippen LogP contribution in [0.4, 0.5) is 16.2 Å². The Morgan fingerprint density at radius 1 is 1.16 bits per heavy atom. The zero-order valence-corrected chi connectivity index (χ0v) is 10.8. The Hall–Kier alpha value is -2.34. The number of carbonyl (C=O) groups excluding carboxylic acids is 1. The number of aromatic nitrogens is 2. The van der Waals surface area contributed by atoms with Gasteiger partial charge in [0.15, 0.2) is 0 Å². The second kappa shape index (κ2) is 6.01. The average Bonchev–Trinajstić information content (AvgIpc) is 2.38. The van der Waals surface area contributed by atoms with Crippen molar-refractivity contribution < 1.29 is 9.53 Å². The van der Waals surface area contributed by atoms with E-state index in [0.717, 1.165) is 0 Å². The van der Waals surface area contributed by atoms with Gasteiger partial charge in [0.05, 0.1) is 7.11 Å². The first-order valence-corrected chi connectivity index (χ1v) is 5.75. The first kappa shape index (κ1) is 13.1. The smallest absolute Gasteiger partial charge is 0.323 e. The Kier molecular flexibility index (Phi) is 4.15. The molecule has 2 rings (SSSR count). The fourth-order valence-corrected chi connectivity index (χ4v) is 1.55. The molecule has 0 bridgehead atoms. The van der Waals surface area contributed by atoms with Crippen molar-refractivity contribution in [2.45, 2.75) is 0 Å². The molecule has 2 heterocycles. The number of carbonyl (C=O) groups is 1. The fraction of sp³-hybridized carbons (Fsp3) is 0.0833. The minimum atomic E-state index is -0.393. The second-order valence-electron chi connectivity index (χ2n) is 3.53. The van der Waals surface area contributed by atoms with E-state index < -0.39 is 6.03 Å². The molecule has 0 saturated heterocycles. The normalized spacial score (nSPS) is 9.79. The van der Waals surface area contributed by atoms with E-state index in [-0.39, 0.29) is 0 Å². The third-order valence-corrected chi connectivity index (χ3v) is 2.39. The lowest BCUT2D eigenvalue weighted by atomic mass is 10.4. The molecule has 0 aliphatic carbocycles. The maximum absolute atomic E-state index is 11.7. The Morgan fingerprint density at radius 3 is 2.42 bits per heavy atom. The summed E-state index contributed by atoms with van der Waals surface area (Å²) < 4.78 is 4.96. The number of methoxy groups -OCH3 is 1. The minimum Gasteiger partial charge on any atom is -0.481 e. The number of urea groups is 1. The van der Waals surface area contributed by atoms with Crippen LogP contribution >= 0.6 is 11.6 Å². The molecule has 0 radical (unpaired) electrons. The van der Waals surface area contributed by atoms with Gasteiger partial charge in [0.1, 0.15) is 5.15 Å². The zero-order valence-electron chi connectivity index (χ0n) is 10.1. The first-order valence-electron chi connectivity index (χ1n) is 5.37. The minimum absolute atomic E-state index is 0.309. The van der Waals surface area contributed by atoms with Crippen LogP contribution < -0.4 is 15.4 Å². The predicted octanol–water partition coefficient (Wildman–Crippen LogP) is 2.78. The highest BCUT2D eigenvalue weighted by molar-refractivity contribution is 6.29. The number of nitrogens with one attached hydrogen (secondary N) is 2. The highest BCUT2D eigenvalue weighted by Gasteiger charge is 2.04. The molecule has 19 heavy (non-hydrogen) atoms. The number of hydrogen-bond acceptors (Lipinski definition) is 4. The maximum Gasteiger partial charge on any atom is 0.323 e. The van der Waals surface area contributed by atoms with Crippen molar-refractivity contribution in [2.24, 2.45) is 0 Å². The molecule has 0 saturated carbocycles. The van der Waals surface area contributed by atoms with Gasteiger partial charge in [0.25, 0.3) is 0 Å². The molecule has 7 heteroatoms. The Balaban J connectivity index is 2.01. The van der Waals surface area contributed by atoms with E-state index in [4.69, 9.17) is 16.3 Å². The number of rotatable bonds is 3. The van der Waals surface area contributed by atoms with Crippen LogP contribution in [0.15, 0.2) is 36.7 Å². The van der Waals surface area contributed by atoms with Crippen LogP contribution in [0.1, 0.15) is 0 Å². The van der Waals surface area contributed by atoms with E-state index in [1.165, 1.54) is 19.5 Å². The van der Waals surface area contributed by atoms with E-state index >= 15 is 0 Å². The summed E-state index contributed by atoms with van der Waals surface area (Å²) in [6, 6.07) is 6.06. The molecular formula is C12H11ClN4O2. The summed E-state index contributed by atoms with van der Waals surface area (Å²) in [5.74, 6) is 0.421. The SMILES string of the molecule is COc1cc(NC(=O)Nc2ccnc(Cl)c2)ccn1. The average molecular weight is 279 g/mol. The van der Waals surface area contributed by atoms with E-state index in [0.29, 0.717) is 22.4 Å². The van der Waals surface area contributed by atoms with Gasteiger partial charge in [0, 0.05) is 29.8 Å². The number of amides is 2. The van der Waals surface area contributed by atoms with E-state index in [1.807, 2.05) is 0 Å². The van der Waals surface area contributed by atoms with Crippen LogP contribution in [-0.4, -0.2) is 23.1 Å². The van der Waals surface area contributed by atoms with Crippen LogP contribution in [0.3, 0.4) is 0 Å². The lowest BCUT2D eigenvalue weighted by molar-refractivity contribution is 0.262. The van der Waals surface area contributed by atoms with E-state index in [1.54, 1.807) is 24.3 Å². The topological polar surface area (TPSA) is 76.1 Å². The van der Waals surface area contributed by atoms with E-state index in [2.05, 4.69) is 20.6 Å². The van der Waals surface area contributed by atoms with Gasteiger partial charge in [-0.25, -0.2) is 14.8 Å². The molecule has 2 N–H and O–H groups in total. The molecule has 6 nitrogen and oxygen atoms in total. The van der Waals surface area contributed by atoms with Crippen molar-refractivity contribution in [3.8, 4) is 5.88 Å². The molecule has 0 unspecified atom stereocenters. The van der Waals surface area contributed by atoms with Gasteiger partial charge in [-0.3, -0.25) is 0 Å². The Labute approximate surface area is 114 Å². The summed E-state index contributed by atoms with van der Waals surface area (Å²) in [7, 11) is 1.51. The standard InChI is InChI=1S/C12H11ClN4O2/c1-19-11-7-9(3-5-15-11)17-12(18)16-8-2-4-14-10(13)6-8/h2-7H,1H3,(H2,14,15,16,17,18). The summed E-state index contributed by atoms with van der Waals surface area (Å²) in [6.45, 7) is 0. The van der Waals surface area contributed by atoms with Crippen molar-refractivity contribution in [2.75, 3.05) is 17.7 Å². The fourth-order valence-electron chi connectivity index (χ4n) is 1.37. The Morgan fingerprint density at radius 2 is 1.79 bits per heavy atom. The maximum atomic E-state index is 11.7. The number of hydrogen-bond donors (Lipinski definition) is 2. The summed E-state index contributed by atoms with van der Waals surface area (Å²) >= 11 is 5.72. The van der Waals surface area contributed by atoms with Gasteiger partial charge in [-0.15, -0.1) is 0 Å². The zero-order chi connectivity index (χ0) is 13.7. The largest absolute Gasteiger partial charge is 0.481 e. The molecular weight excluding hydrogens is 268 g/mol. The highest BCUT2D eigenvalue weighted by Crippen LogP contribution is 2.15. The number of anilines is 2. The lowest BCUT2D eigenvalue weighted by Crippen LogP contribution is -2.19. The Bertz CT molecular complexity index is 591. The van der Waals surface area contributed by atoms with Gasteiger partial charge < -0.3 is 15.4 Å². The van der Waals surface area contributed by atoms with Crippen molar-refractivity contribution >= 4 is 29.0 Å². The summed E-state index contributed by atoms with van der Waals surface area (Å²) in [5, 5.41) is 5.59. The van der Waals surface area contributed by atoms with Crippen LogP contribution in [-0.2, 0) is 0 Å². The highest BCUT2D eigenvalue weighted by atomic mass is 35.5. The van der Waals surface area contributed by atoms with Crippen molar-refractivity contribution in [1.29, 1.82) is 0 Å². The first-order chi connectivity index (χ1) is 9.17. The molecule has 0 aliphatic heterocycles. The molecule has 0 fully saturated rings. The second-order valence-corrected chi connectivity index (χ2v) is 3.92. The molecule has 98 valence electrons. The van der Waals surface area contributed by atoms with Crippen LogP contribution in [0, 0.1) is 0 Å². The quantitative estimate of drug-likeness (QED) is 0.847. The predicted molar refractivity (Wildman–Crippen MR) is 72.7 cm³/mol. The molecule has 2 aromatic rings. The van der Waals surface area contributed by atoms with Crippen LogP contribution in [0.5, 0.6) is 5.88 Å². The molecule has 2 aromatic heterocycles.